The third-order valence-corrected chi connectivity index (χ3v) is 6.52. The molecule has 6 heteroatoms. The predicted molar refractivity (Wildman–Crippen MR) is 100 cm³/mol. The van der Waals surface area contributed by atoms with Crippen molar-refractivity contribution in [1.82, 2.24) is 9.80 Å². The zero-order valence-electron chi connectivity index (χ0n) is 15.9. The standard InChI is InChI=1S/C21H28N2O4/c1-27-18-5-3-2-4-16(18)13-23-14-21(12-17(23)20(25)26)8-10-22(11-9-21)19(24)15-6-7-15/h2-5,15,17H,6-14H2,1H3,(H,25,26)/t17-/m0/s1. The molecule has 3 aliphatic rings. The molecule has 1 aromatic rings. The van der Waals surface area contributed by atoms with Crippen molar-refractivity contribution in [1.29, 1.82) is 0 Å². The van der Waals surface area contributed by atoms with E-state index in [-0.39, 0.29) is 11.3 Å². The molecule has 27 heavy (non-hydrogen) atoms. The van der Waals surface area contributed by atoms with Crippen LogP contribution in [0, 0.1) is 11.3 Å². The maximum absolute atomic E-state index is 12.3. The molecule has 2 saturated heterocycles. The Bertz CT molecular complexity index is 723. The van der Waals surface area contributed by atoms with Gasteiger partial charge in [-0.05, 0) is 43.6 Å². The van der Waals surface area contributed by atoms with Crippen molar-refractivity contribution in [3.05, 3.63) is 29.8 Å². The summed E-state index contributed by atoms with van der Waals surface area (Å²) in [6, 6.07) is 7.33. The minimum Gasteiger partial charge on any atom is -0.496 e. The van der Waals surface area contributed by atoms with E-state index in [0.29, 0.717) is 18.9 Å². The fourth-order valence-electron chi connectivity index (χ4n) is 4.76. The van der Waals surface area contributed by atoms with Crippen LogP contribution in [0.15, 0.2) is 24.3 Å². The fraction of sp³-hybridized carbons (Fsp3) is 0.619. The Morgan fingerprint density at radius 1 is 1.22 bits per heavy atom. The summed E-state index contributed by atoms with van der Waals surface area (Å²) in [6.45, 7) is 2.88. The molecule has 1 spiro atoms. The van der Waals surface area contributed by atoms with Crippen LogP contribution in [0.2, 0.25) is 0 Å². The van der Waals surface area contributed by atoms with Crippen molar-refractivity contribution in [3.8, 4) is 5.75 Å². The lowest BCUT2D eigenvalue weighted by atomic mass is 9.76. The van der Waals surface area contributed by atoms with Gasteiger partial charge in [0.15, 0.2) is 0 Å². The molecule has 1 atom stereocenters. The molecule has 1 amide bonds. The number of likely N-dealkylation sites (tertiary alicyclic amines) is 2. The summed E-state index contributed by atoms with van der Waals surface area (Å²) in [6.07, 6.45) is 4.54. The Labute approximate surface area is 160 Å². The Morgan fingerprint density at radius 3 is 2.56 bits per heavy atom. The molecule has 1 saturated carbocycles. The highest BCUT2D eigenvalue weighted by atomic mass is 16.5. The second-order valence-corrected chi connectivity index (χ2v) is 8.37. The van der Waals surface area contributed by atoms with Crippen molar-refractivity contribution in [2.45, 2.75) is 44.7 Å². The summed E-state index contributed by atoms with van der Waals surface area (Å²) in [4.78, 5) is 28.3. The van der Waals surface area contributed by atoms with Crippen molar-refractivity contribution >= 4 is 11.9 Å². The highest BCUT2D eigenvalue weighted by Gasteiger charge is 2.49. The molecule has 1 N–H and O–H groups in total. The first-order chi connectivity index (χ1) is 13.0. The number of hydrogen-bond acceptors (Lipinski definition) is 4. The Kier molecular flexibility index (Phi) is 4.84. The summed E-state index contributed by atoms with van der Waals surface area (Å²) in [5, 5.41) is 9.79. The average Bonchev–Trinajstić information content (AvgIpc) is 3.46. The maximum Gasteiger partial charge on any atom is 0.320 e. The first kappa shape index (κ1) is 18.3. The molecular weight excluding hydrogens is 344 g/mol. The van der Waals surface area contributed by atoms with E-state index in [1.807, 2.05) is 29.2 Å². The number of aliphatic carboxylic acids is 1. The zero-order valence-corrected chi connectivity index (χ0v) is 15.9. The summed E-state index contributed by atoms with van der Waals surface area (Å²) < 4.78 is 5.44. The molecule has 1 aromatic carbocycles. The van der Waals surface area contributed by atoms with Crippen molar-refractivity contribution < 1.29 is 19.4 Å². The molecule has 146 valence electrons. The van der Waals surface area contributed by atoms with E-state index in [4.69, 9.17) is 4.74 Å². The van der Waals surface area contributed by atoms with Crippen molar-refractivity contribution in [2.24, 2.45) is 11.3 Å². The number of carbonyl (C=O) groups is 2. The zero-order chi connectivity index (χ0) is 19.0. The topological polar surface area (TPSA) is 70.1 Å². The summed E-state index contributed by atoms with van der Waals surface area (Å²) in [5.74, 6) is 0.616. The molecule has 0 bridgehead atoms. The fourth-order valence-corrected chi connectivity index (χ4v) is 4.76. The van der Waals surface area contributed by atoms with Crippen molar-refractivity contribution in [3.63, 3.8) is 0 Å². The van der Waals surface area contributed by atoms with Gasteiger partial charge in [0, 0.05) is 37.7 Å². The highest BCUT2D eigenvalue weighted by Crippen LogP contribution is 2.45. The number of amides is 1. The van der Waals surface area contributed by atoms with Gasteiger partial charge in [0.1, 0.15) is 11.8 Å². The number of carboxylic acids is 1. The van der Waals surface area contributed by atoms with Gasteiger partial charge in [0.2, 0.25) is 5.91 Å². The number of benzene rings is 1. The molecule has 2 heterocycles. The van der Waals surface area contributed by atoms with E-state index < -0.39 is 12.0 Å². The van der Waals surface area contributed by atoms with Crippen LogP contribution in [0.3, 0.4) is 0 Å². The molecule has 0 radical (unpaired) electrons. The van der Waals surface area contributed by atoms with Gasteiger partial charge in [-0.1, -0.05) is 18.2 Å². The first-order valence-corrected chi connectivity index (χ1v) is 9.89. The van der Waals surface area contributed by atoms with Gasteiger partial charge in [-0.15, -0.1) is 0 Å². The van der Waals surface area contributed by atoms with Gasteiger partial charge in [-0.25, -0.2) is 0 Å². The number of ether oxygens (including phenoxy) is 1. The number of hydrogen-bond donors (Lipinski definition) is 1. The lowest BCUT2D eigenvalue weighted by Gasteiger charge is -2.39. The van der Waals surface area contributed by atoms with Crippen LogP contribution >= 0.6 is 0 Å². The molecule has 0 unspecified atom stereocenters. The Morgan fingerprint density at radius 2 is 1.93 bits per heavy atom. The van der Waals surface area contributed by atoms with E-state index in [1.54, 1.807) is 7.11 Å². The quantitative estimate of drug-likeness (QED) is 0.859. The van der Waals surface area contributed by atoms with Gasteiger partial charge >= 0.3 is 5.97 Å². The maximum atomic E-state index is 12.3. The summed E-state index contributed by atoms with van der Waals surface area (Å²) in [7, 11) is 1.64. The number of methoxy groups -OCH3 is 1. The van der Waals surface area contributed by atoms with Crippen molar-refractivity contribution in [2.75, 3.05) is 26.7 Å². The minimum absolute atomic E-state index is 0.00536. The molecule has 4 rings (SSSR count). The normalized spacial score (nSPS) is 24.9. The molecular formula is C21H28N2O4. The molecule has 1 aliphatic carbocycles. The van der Waals surface area contributed by atoms with Crippen LogP contribution < -0.4 is 4.74 Å². The summed E-state index contributed by atoms with van der Waals surface area (Å²) in [5.41, 5.74) is 1.02. The smallest absolute Gasteiger partial charge is 0.320 e. The lowest BCUT2D eigenvalue weighted by Crippen LogP contribution is -2.44. The largest absolute Gasteiger partial charge is 0.496 e. The lowest BCUT2D eigenvalue weighted by molar-refractivity contribution is -0.142. The van der Waals surface area contributed by atoms with E-state index in [1.165, 1.54) is 0 Å². The number of rotatable bonds is 5. The number of nitrogens with zero attached hydrogens (tertiary/aromatic N) is 2. The number of para-hydroxylation sites is 1. The van der Waals surface area contributed by atoms with Crippen LogP contribution in [0.5, 0.6) is 5.75 Å². The monoisotopic (exact) mass is 372 g/mol. The third kappa shape index (κ3) is 3.68. The van der Waals surface area contributed by atoms with Crippen LogP contribution in [0.4, 0.5) is 0 Å². The molecule has 3 fully saturated rings. The first-order valence-electron chi connectivity index (χ1n) is 9.89. The predicted octanol–water partition coefficient (Wildman–Crippen LogP) is 2.37. The second-order valence-electron chi connectivity index (χ2n) is 8.37. The highest BCUT2D eigenvalue weighted by molar-refractivity contribution is 5.81. The third-order valence-electron chi connectivity index (χ3n) is 6.52. The van der Waals surface area contributed by atoms with Gasteiger partial charge < -0.3 is 14.7 Å². The van der Waals surface area contributed by atoms with E-state index in [9.17, 15) is 14.7 Å². The van der Waals surface area contributed by atoms with Crippen LogP contribution in [0.25, 0.3) is 0 Å². The average molecular weight is 372 g/mol. The number of piperidine rings is 1. The SMILES string of the molecule is COc1ccccc1CN1CC2(CCN(C(=O)C3CC3)CC2)C[C@H]1C(=O)O. The van der Waals surface area contributed by atoms with Gasteiger partial charge in [0.25, 0.3) is 0 Å². The van der Waals surface area contributed by atoms with Crippen LogP contribution in [-0.4, -0.2) is 59.6 Å². The van der Waals surface area contributed by atoms with E-state index in [0.717, 1.165) is 56.6 Å². The molecule has 6 nitrogen and oxygen atoms in total. The Balaban J connectivity index is 1.45. The minimum atomic E-state index is -0.752. The number of carboxylic acid groups (broad SMARTS) is 1. The molecule has 0 aromatic heterocycles. The Hall–Kier alpha value is -2.08. The van der Waals surface area contributed by atoms with Gasteiger partial charge in [0.05, 0.1) is 7.11 Å². The van der Waals surface area contributed by atoms with E-state index >= 15 is 0 Å². The van der Waals surface area contributed by atoms with Crippen LogP contribution in [-0.2, 0) is 16.1 Å². The molecule has 2 aliphatic heterocycles. The second kappa shape index (κ2) is 7.15. The number of carbonyl (C=O) groups excluding carboxylic acids is 1. The van der Waals surface area contributed by atoms with Crippen LogP contribution in [0.1, 0.15) is 37.7 Å². The van der Waals surface area contributed by atoms with Gasteiger partial charge in [-0.2, -0.15) is 0 Å². The summed E-state index contributed by atoms with van der Waals surface area (Å²) >= 11 is 0. The van der Waals surface area contributed by atoms with E-state index in [2.05, 4.69) is 4.90 Å². The van der Waals surface area contributed by atoms with Gasteiger partial charge in [-0.3, -0.25) is 14.5 Å².